The zero-order valence-corrected chi connectivity index (χ0v) is 13.3. The van der Waals surface area contributed by atoms with Gasteiger partial charge in [-0.05, 0) is 33.8 Å². The summed E-state index contributed by atoms with van der Waals surface area (Å²) in [5, 5.41) is 0. The molecule has 0 amide bonds. The lowest BCUT2D eigenvalue weighted by Gasteiger charge is -2.31. The van der Waals surface area contributed by atoms with Gasteiger partial charge in [0.15, 0.2) is 0 Å². The molecule has 0 saturated carbocycles. The molecule has 1 rings (SSSR count). The van der Waals surface area contributed by atoms with E-state index in [-0.39, 0.29) is 11.7 Å². The molecule has 2 atom stereocenters. The number of rotatable bonds is 4. The Morgan fingerprint density at radius 2 is 1.86 bits per heavy atom. The topological polar surface area (TPSA) is 52.3 Å². The summed E-state index contributed by atoms with van der Waals surface area (Å²) in [6.07, 6.45) is 3.36. The summed E-state index contributed by atoms with van der Waals surface area (Å²) < 4.78 is 18.9. The lowest BCUT2D eigenvalue weighted by Crippen LogP contribution is -2.52. The SMILES string of the molecule is C[C@@H](/C=C/c1ccccc1F)[C@](C)(N)C(=O)OC(C)(C)C. The minimum Gasteiger partial charge on any atom is -0.459 e. The maximum Gasteiger partial charge on any atom is 0.326 e. The van der Waals surface area contributed by atoms with E-state index in [1.54, 1.807) is 65.0 Å². The molecule has 0 aliphatic carbocycles. The molecule has 0 saturated heterocycles. The van der Waals surface area contributed by atoms with E-state index in [0.29, 0.717) is 5.56 Å². The Balaban J connectivity index is 2.84. The van der Waals surface area contributed by atoms with Gasteiger partial charge in [0.25, 0.3) is 0 Å². The third kappa shape index (κ3) is 4.97. The minimum absolute atomic E-state index is 0.299. The fraction of sp³-hybridized carbons (Fsp3) is 0.471. The maximum absolute atomic E-state index is 13.5. The van der Waals surface area contributed by atoms with Crippen molar-refractivity contribution in [3.63, 3.8) is 0 Å². The highest BCUT2D eigenvalue weighted by Gasteiger charge is 2.37. The summed E-state index contributed by atoms with van der Waals surface area (Å²) in [6.45, 7) is 8.81. The van der Waals surface area contributed by atoms with Crippen molar-refractivity contribution in [3.8, 4) is 0 Å². The Kier molecular flexibility index (Phi) is 5.29. The zero-order chi connectivity index (χ0) is 16.3. The number of ether oxygens (including phenoxy) is 1. The van der Waals surface area contributed by atoms with E-state index in [1.807, 2.05) is 0 Å². The summed E-state index contributed by atoms with van der Waals surface area (Å²) in [4.78, 5) is 12.1. The van der Waals surface area contributed by atoms with Crippen molar-refractivity contribution in [3.05, 3.63) is 41.7 Å². The average Bonchev–Trinajstić information content (AvgIpc) is 2.35. The van der Waals surface area contributed by atoms with Crippen LogP contribution in [0, 0.1) is 11.7 Å². The first-order valence-electron chi connectivity index (χ1n) is 6.99. The first kappa shape index (κ1) is 17.4. The van der Waals surface area contributed by atoms with Crippen molar-refractivity contribution in [2.45, 2.75) is 45.8 Å². The molecule has 0 unspecified atom stereocenters. The number of benzene rings is 1. The fourth-order valence-electron chi connectivity index (χ4n) is 1.63. The van der Waals surface area contributed by atoms with Gasteiger partial charge in [-0.2, -0.15) is 0 Å². The predicted octanol–water partition coefficient (Wildman–Crippen LogP) is 3.53. The first-order chi connectivity index (χ1) is 9.54. The van der Waals surface area contributed by atoms with Crippen LogP contribution in [-0.2, 0) is 9.53 Å². The largest absolute Gasteiger partial charge is 0.459 e. The van der Waals surface area contributed by atoms with Gasteiger partial charge in [0.1, 0.15) is 17.0 Å². The smallest absolute Gasteiger partial charge is 0.326 e. The summed E-state index contributed by atoms with van der Waals surface area (Å²) in [7, 11) is 0. The Morgan fingerprint density at radius 1 is 1.29 bits per heavy atom. The monoisotopic (exact) mass is 293 g/mol. The zero-order valence-electron chi connectivity index (χ0n) is 13.3. The second-order valence-electron chi connectivity index (χ2n) is 6.45. The van der Waals surface area contributed by atoms with Crippen molar-refractivity contribution >= 4 is 12.0 Å². The molecule has 0 spiro atoms. The lowest BCUT2D eigenvalue weighted by molar-refractivity contribution is -0.162. The maximum atomic E-state index is 13.5. The van der Waals surface area contributed by atoms with Gasteiger partial charge in [-0.3, -0.25) is 4.79 Å². The van der Waals surface area contributed by atoms with Crippen molar-refractivity contribution < 1.29 is 13.9 Å². The summed E-state index contributed by atoms with van der Waals surface area (Å²) in [5.41, 5.74) is 4.79. The Bertz CT molecular complexity index is 530. The molecule has 0 heterocycles. The number of hydrogen-bond donors (Lipinski definition) is 1. The second-order valence-corrected chi connectivity index (χ2v) is 6.45. The van der Waals surface area contributed by atoms with Crippen LogP contribution in [0.4, 0.5) is 4.39 Å². The normalized spacial score (nSPS) is 16.5. The summed E-state index contributed by atoms with van der Waals surface area (Å²) in [6, 6.07) is 6.44. The van der Waals surface area contributed by atoms with E-state index in [9.17, 15) is 9.18 Å². The van der Waals surface area contributed by atoms with Crippen molar-refractivity contribution in [2.75, 3.05) is 0 Å². The van der Waals surface area contributed by atoms with Crippen LogP contribution in [0.5, 0.6) is 0 Å². The molecule has 0 bridgehead atoms. The molecular formula is C17H24FNO2. The van der Waals surface area contributed by atoms with E-state index in [4.69, 9.17) is 10.5 Å². The lowest BCUT2D eigenvalue weighted by atomic mass is 9.87. The number of halogens is 1. The molecular weight excluding hydrogens is 269 g/mol. The molecule has 116 valence electrons. The van der Waals surface area contributed by atoms with Gasteiger partial charge in [0.05, 0.1) is 0 Å². The summed E-state index contributed by atoms with van der Waals surface area (Å²) >= 11 is 0. The number of nitrogens with two attached hydrogens (primary N) is 1. The molecule has 0 aromatic heterocycles. The summed E-state index contributed by atoms with van der Waals surface area (Å²) in [5.74, 6) is -1.08. The Labute approximate surface area is 126 Å². The van der Waals surface area contributed by atoms with Crippen molar-refractivity contribution in [2.24, 2.45) is 11.7 Å². The van der Waals surface area contributed by atoms with Gasteiger partial charge >= 0.3 is 5.97 Å². The molecule has 1 aromatic rings. The van der Waals surface area contributed by atoms with Gasteiger partial charge in [-0.25, -0.2) is 4.39 Å². The van der Waals surface area contributed by atoms with Crippen LogP contribution in [0.25, 0.3) is 6.08 Å². The molecule has 1 aromatic carbocycles. The highest BCUT2D eigenvalue weighted by Crippen LogP contribution is 2.22. The molecule has 3 nitrogen and oxygen atoms in total. The molecule has 0 radical (unpaired) electrons. The fourth-order valence-corrected chi connectivity index (χ4v) is 1.63. The van der Waals surface area contributed by atoms with Crippen LogP contribution in [0.1, 0.15) is 40.2 Å². The highest BCUT2D eigenvalue weighted by atomic mass is 19.1. The number of hydrogen-bond acceptors (Lipinski definition) is 3. The number of esters is 1. The second kappa shape index (κ2) is 6.39. The highest BCUT2D eigenvalue weighted by molar-refractivity contribution is 5.81. The van der Waals surface area contributed by atoms with E-state index < -0.39 is 17.1 Å². The Morgan fingerprint density at radius 3 is 2.38 bits per heavy atom. The van der Waals surface area contributed by atoms with E-state index in [0.717, 1.165) is 0 Å². The van der Waals surface area contributed by atoms with Crippen LogP contribution >= 0.6 is 0 Å². The molecule has 21 heavy (non-hydrogen) atoms. The van der Waals surface area contributed by atoms with Gasteiger partial charge in [0, 0.05) is 11.5 Å². The first-order valence-corrected chi connectivity index (χ1v) is 6.99. The Hall–Kier alpha value is -1.68. The van der Waals surface area contributed by atoms with E-state index in [1.165, 1.54) is 6.07 Å². The molecule has 4 heteroatoms. The van der Waals surface area contributed by atoms with Crippen molar-refractivity contribution in [1.29, 1.82) is 0 Å². The number of carbonyl (C=O) groups excluding carboxylic acids is 1. The molecule has 0 aliphatic heterocycles. The number of carbonyl (C=O) groups is 1. The standard InChI is InChI=1S/C17H24FNO2/c1-12(10-11-13-8-6-7-9-14(13)18)17(5,19)15(20)21-16(2,3)4/h6-12H,19H2,1-5H3/b11-10+/t12-,17-/m0/s1. The van der Waals surface area contributed by atoms with E-state index >= 15 is 0 Å². The van der Waals surface area contributed by atoms with Gasteiger partial charge < -0.3 is 10.5 Å². The van der Waals surface area contributed by atoms with Crippen LogP contribution in [0.2, 0.25) is 0 Å². The molecule has 0 fully saturated rings. The van der Waals surface area contributed by atoms with Crippen LogP contribution < -0.4 is 5.73 Å². The van der Waals surface area contributed by atoms with Gasteiger partial charge in [-0.1, -0.05) is 37.3 Å². The quantitative estimate of drug-likeness (QED) is 0.864. The third-order valence-corrected chi connectivity index (χ3v) is 3.25. The van der Waals surface area contributed by atoms with E-state index in [2.05, 4.69) is 0 Å². The minimum atomic E-state index is -1.17. The average molecular weight is 293 g/mol. The molecule has 0 aliphatic rings. The van der Waals surface area contributed by atoms with Gasteiger partial charge in [-0.15, -0.1) is 0 Å². The van der Waals surface area contributed by atoms with Crippen LogP contribution in [0.15, 0.2) is 30.3 Å². The van der Waals surface area contributed by atoms with Crippen molar-refractivity contribution in [1.82, 2.24) is 0 Å². The van der Waals surface area contributed by atoms with Crippen LogP contribution in [-0.4, -0.2) is 17.1 Å². The predicted molar refractivity (Wildman–Crippen MR) is 83.0 cm³/mol. The van der Waals surface area contributed by atoms with Gasteiger partial charge in [0.2, 0.25) is 0 Å². The van der Waals surface area contributed by atoms with Crippen LogP contribution in [0.3, 0.4) is 0 Å². The molecule has 2 N–H and O–H groups in total. The third-order valence-electron chi connectivity index (χ3n) is 3.25.